The molecule has 2 heterocycles. The third-order valence-corrected chi connectivity index (χ3v) is 4.43. The maximum atomic E-state index is 12.2. The fraction of sp³-hybridized carbons (Fsp3) is 0.316. The summed E-state index contributed by atoms with van der Waals surface area (Å²) in [5.41, 5.74) is 3.15. The SMILES string of the molecule is COc1ccc(-c2c(C(=O)O)c(N)[nH]c(=O)c2C(=O)O)cc1OCCC1OCCO1. The van der Waals surface area contributed by atoms with Gasteiger partial charge in [0.05, 0.1) is 26.9 Å². The highest BCUT2D eigenvalue weighted by Gasteiger charge is 2.27. The number of methoxy groups -OCH3 is 1. The first-order chi connectivity index (χ1) is 14.3. The van der Waals surface area contributed by atoms with Crippen molar-refractivity contribution in [2.75, 3.05) is 32.7 Å². The van der Waals surface area contributed by atoms with Crippen molar-refractivity contribution in [1.29, 1.82) is 0 Å². The van der Waals surface area contributed by atoms with E-state index in [9.17, 15) is 24.6 Å². The second kappa shape index (κ2) is 8.84. The Balaban J connectivity index is 2.06. The zero-order chi connectivity index (χ0) is 21.8. The predicted molar refractivity (Wildman–Crippen MR) is 103 cm³/mol. The summed E-state index contributed by atoms with van der Waals surface area (Å²) >= 11 is 0. The van der Waals surface area contributed by atoms with Crippen LogP contribution in [0.4, 0.5) is 5.82 Å². The second-order valence-electron chi connectivity index (χ2n) is 6.28. The molecule has 0 unspecified atom stereocenters. The van der Waals surface area contributed by atoms with E-state index in [0.717, 1.165) is 0 Å². The van der Waals surface area contributed by atoms with E-state index in [2.05, 4.69) is 4.98 Å². The van der Waals surface area contributed by atoms with Crippen LogP contribution < -0.4 is 20.8 Å². The Morgan fingerprint density at radius 3 is 2.43 bits per heavy atom. The first-order valence-corrected chi connectivity index (χ1v) is 8.90. The van der Waals surface area contributed by atoms with Gasteiger partial charge in [-0.3, -0.25) is 4.79 Å². The molecule has 0 atom stereocenters. The van der Waals surface area contributed by atoms with Gasteiger partial charge in [0.2, 0.25) is 0 Å². The van der Waals surface area contributed by atoms with Crippen molar-refractivity contribution in [3.63, 3.8) is 0 Å². The highest BCUT2D eigenvalue weighted by Crippen LogP contribution is 2.36. The average Bonchev–Trinajstić information content (AvgIpc) is 3.20. The Morgan fingerprint density at radius 1 is 1.17 bits per heavy atom. The first kappa shape index (κ1) is 21.1. The zero-order valence-electron chi connectivity index (χ0n) is 16.0. The summed E-state index contributed by atoms with van der Waals surface area (Å²) in [6.07, 6.45) is 0.0513. The lowest BCUT2D eigenvalue weighted by Gasteiger charge is -2.16. The number of anilines is 1. The smallest absolute Gasteiger partial charge is 0.342 e. The average molecular weight is 420 g/mol. The van der Waals surface area contributed by atoms with Gasteiger partial charge in [0, 0.05) is 12.0 Å². The molecule has 11 heteroatoms. The molecule has 0 bridgehead atoms. The number of pyridine rings is 1. The Morgan fingerprint density at radius 2 is 1.83 bits per heavy atom. The lowest BCUT2D eigenvalue weighted by molar-refractivity contribution is -0.0532. The summed E-state index contributed by atoms with van der Waals surface area (Å²) in [7, 11) is 1.42. The van der Waals surface area contributed by atoms with Crippen LogP contribution in [0, 0.1) is 0 Å². The number of ether oxygens (including phenoxy) is 4. The van der Waals surface area contributed by atoms with Crippen LogP contribution in [0.5, 0.6) is 11.5 Å². The van der Waals surface area contributed by atoms with Gasteiger partial charge in [0.25, 0.3) is 5.56 Å². The number of benzene rings is 1. The quantitative estimate of drug-likeness (QED) is 0.486. The molecule has 30 heavy (non-hydrogen) atoms. The summed E-state index contributed by atoms with van der Waals surface area (Å²) in [5, 5.41) is 19.1. The molecule has 1 aliphatic rings. The van der Waals surface area contributed by atoms with Crippen LogP contribution in [0.15, 0.2) is 23.0 Å². The van der Waals surface area contributed by atoms with Crippen LogP contribution in [0.3, 0.4) is 0 Å². The molecule has 1 aromatic carbocycles. The normalized spacial score (nSPS) is 13.9. The van der Waals surface area contributed by atoms with Crippen LogP contribution in [0.1, 0.15) is 27.1 Å². The summed E-state index contributed by atoms with van der Waals surface area (Å²) < 4.78 is 21.6. The monoisotopic (exact) mass is 420 g/mol. The van der Waals surface area contributed by atoms with Crippen LogP contribution in [0.25, 0.3) is 11.1 Å². The molecule has 1 aromatic heterocycles. The molecule has 5 N–H and O–H groups in total. The first-order valence-electron chi connectivity index (χ1n) is 8.90. The van der Waals surface area contributed by atoms with Crippen LogP contribution in [-0.2, 0) is 9.47 Å². The van der Waals surface area contributed by atoms with Gasteiger partial charge in [-0.15, -0.1) is 0 Å². The summed E-state index contributed by atoms with van der Waals surface area (Å²) in [6, 6.07) is 4.28. The number of carbonyl (C=O) groups is 2. The van der Waals surface area contributed by atoms with Crippen molar-refractivity contribution >= 4 is 17.8 Å². The number of aromatic nitrogens is 1. The molecule has 1 fully saturated rings. The molecule has 0 aliphatic carbocycles. The van der Waals surface area contributed by atoms with Gasteiger partial charge in [-0.25, -0.2) is 9.59 Å². The van der Waals surface area contributed by atoms with Gasteiger partial charge < -0.3 is 39.9 Å². The summed E-state index contributed by atoms with van der Waals surface area (Å²) in [6.45, 7) is 1.20. The van der Waals surface area contributed by atoms with Gasteiger partial charge in [-0.1, -0.05) is 6.07 Å². The minimum Gasteiger partial charge on any atom is -0.493 e. The Labute approximate surface area is 169 Å². The van der Waals surface area contributed by atoms with E-state index in [1.165, 1.54) is 25.3 Å². The molecule has 2 aromatic rings. The van der Waals surface area contributed by atoms with Crippen molar-refractivity contribution in [2.24, 2.45) is 0 Å². The number of H-pyrrole nitrogens is 1. The van der Waals surface area contributed by atoms with Gasteiger partial charge >= 0.3 is 11.9 Å². The number of rotatable bonds is 8. The van der Waals surface area contributed by atoms with E-state index in [4.69, 9.17) is 24.7 Å². The minimum atomic E-state index is -1.59. The fourth-order valence-corrected chi connectivity index (χ4v) is 3.12. The molecular weight excluding hydrogens is 400 g/mol. The van der Waals surface area contributed by atoms with Crippen LogP contribution >= 0.6 is 0 Å². The lowest BCUT2D eigenvalue weighted by Crippen LogP contribution is -2.24. The zero-order valence-corrected chi connectivity index (χ0v) is 16.0. The Kier molecular flexibility index (Phi) is 6.23. The molecule has 160 valence electrons. The van der Waals surface area contributed by atoms with E-state index >= 15 is 0 Å². The van der Waals surface area contributed by atoms with Gasteiger partial charge in [0.1, 0.15) is 16.9 Å². The third kappa shape index (κ3) is 4.21. The minimum absolute atomic E-state index is 0.117. The second-order valence-corrected chi connectivity index (χ2v) is 6.28. The van der Waals surface area contributed by atoms with E-state index in [1.54, 1.807) is 0 Å². The van der Waals surface area contributed by atoms with E-state index in [0.29, 0.717) is 25.4 Å². The largest absolute Gasteiger partial charge is 0.493 e. The fourth-order valence-electron chi connectivity index (χ4n) is 3.12. The number of hydrogen-bond acceptors (Lipinski definition) is 8. The number of carboxylic acids is 2. The van der Waals surface area contributed by atoms with Gasteiger partial charge in [-0.05, 0) is 17.7 Å². The van der Waals surface area contributed by atoms with Gasteiger partial charge in [0.15, 0.2) is 17.8 Å². The number of nitrogens with two attached hydrogens (primary N) is 1. The highest BCUT2D eigenvalue weighted by molar-refractivity contribution is 6.07. The molecule has 0 radical (unpaired) electrons. The molecule has 1 aliphatic heterocycles. The van der Waals surface area contributed by atoms with Crippen molar-refractivity contribution in [2.45, 2.75) is 12.7 Å². The van der Waals surface area contributed by atoms with Crippen molar-refractivity contribution < 1.29 is 38.7 Å². The summed E-state index contributed by atoms with van der Waals surface area (Å²) in [5.74, 6) is -2.99. The lowest BCUT2D eigenvalue weighted by atomic mass is 9.95. The maximum absolute atomic E-state index is 12.2. The molecule has 3 rings (SSSR count). The molecule has 11 nitrogen and oxygen atoms in total. The predicted octanol–water partition coefficient (Wildman–Crippen LogP) is 1.17. The summed E-state index contributed by atoms with van der Waals surface area (Å²) in [4.78, 5) is 37.7. The van der Waals surface area contributed by atoms with E-state index < -0.39 is 34.4 Å². The van der Waals surface area contributed by atoms with Crippen molar-refractivity contribution in [1.82, 2.24) is 4.98 Å². The topological polar surface area (TPSA) is 170 Å². The number of aromatic amines is 1. The maximum Gasteiger partial charge on any atom is 0.342 e. The molecular formula is C19H20N2O9. The van der Waals surface area contributed by atoms with E-state index in [1.807, 2.05) is 0 Å². The van der Waals surface area contributed by atoms with Gasteiger partial charge in [-0.2, -0.15) is 0 Å². The Bertz CT molecular complexity index is 1030. The number of carboxylic acid groups (broad SMARTS) is 2. The molecule has 1 saturated heterocycles. The number of hydrogen-bond donors (Lipinski definition) is 4. The standard InChI is InChI=1S/C19H20N2O9/c1-27-10-3-2-9(8-11(10)28-5-4-12-29-6-7-30-12)13-14(18(23)24)16(20)21-17(22)15(13)19(25)26/h2-3,8,12H,4-7H2,1H3,(H,23,24)(H,25,26)(H3,20,21,22). The van der Waals surface area contributed by atoms with Crippen LogP contribution in [-0.4, -0.2) is 60.4 Å². The third-order valence-electron chi connectivity index (χ3n) is 4.43. The molecule has 0 amide bonds. The number of nitrogen functional groups attached to an aromatic ring is 1. The molecule has 0 saturated carbocycles. The molecule has 0 spiro atoms. The highest BCUT2D eigenvalue weighted by atomic mass is 16.7. The van der Waals surface area contributed by atoms with Crippen molar-refractivity contribution in [3.05, 3.63) is 39.7 Å². The van der Waals surface area contributed by atoms with E-state index in [-0.39, 0.29) is 29.8 Å². The number of aromatic carboxylic acids is 2. The number of nitrogens with one attached hydrogen (secondary N) is 1. The van der Waals surface area contributed by atoms with Crippen LogP contribution in [0.2, 0.25) is 0 Å². The Hall–Kier alpha value is -3.57. The van der Waals surface area contributed by atoms with Crippen molar-refractivity contribution in [3.8, 4) is 22.6 Å².